The van der Waals surface area contributed by atoms with Gasteiger partial charge in [-0.05, 0) is 37.1 Å². The zero-order valence-corrected chi connectivity index (χ0v) is 8.23. The molecule has 1 aliphatic carbocycles. The fourth-order valence-corrected chi connectivity index (χ4v) is 1.67. The van der Waals surface area contributed by atoms with Crippen molar-refractivity contribution in [1.82, 2.24) is 0 Å². The average molecular weight is 193 g/mol. The maximum atomic E-state index is 9.09. The fourth-order valence-electron chi connectivity index (χ4n) is 1.67. The molecule has 14 heavy (non-hydrogen) atoms. The van der Waals surface area contributed by atoms with E-state index in [0.717, 1.165) is 18.5 Å². The van der Waals surface area contributed by atoms with E-state index in [-0.39, 0.29) is 0 Å². The highest BCUT2D eigenvalue weighted by molar-refractivity contribution is 5.47. The van der Waals surface area contributed by atoms with Crippen molar-refractivity contribution in [1.29, 1.82) is 0 Å². The molecule has 0 unspecified atom stereocenters. The molecule has 0 radical (unpaired) electrons. The molecule has 3 heteroatoms. The predicted octanol–water partition coefficient (Wildman–Crippen LogP) is 1.98. The number of benzene rings is 1. The molecule has 2 N–H and O–H groups in total. The first-order valence-electron chi connectivity index (χ1n) is 4.86. The summed E-state index contributed by atoms with van der Waals surface area (Å²) in [6.45, 7) is 0. The smallest absolute Gasteiger partial charge is 0.115 e. The third kappa shape index (κ3) is 1.99. The van der Waals surface area contributed by atoms with Crippen molar-refractivity contribution in [3.05, 3.63) is 24.3 Å². The minimum atomic E-state index is 0.305. The lowest BCUT2D eigenvalue weighted by molar-refractivity contribution is 0.0329. The number of phenolic OH excluding ortho intramolecular Hbond substituents is 1. The second kappa shape index (κ2) is 3.88. The van der Waals surface area contributed by atoms with Crippen molar-refractivity contribution in [2.75, 3.05) is 12.4 Å². The molecular formula is C11H15NO2. The zero-order chi connectivity index (χ0) is 9.97. The Hall–Kier alpha value is -1.22. The lowest BCUT2D eigenvalue weighted by Crippen LogP contribution is -2.40. The van der Waals surface area contributed by atoms with Crippen LogP contribution in [0.1, 0.15) is 12.8 Å². The van der Waals surface area contributed by atoms with Gasteiger partial charge in [-0.25, -0.2) is 0 Å². The highest BCUT2D eigenvalue weighted by atomic mass is 16.5. The maximum Gasteiger partial charge on any atom is 0.115 e. The van der Waals surface area contributed by atoms with E-state index in [1.165, 1.54) is 0 Å². The molecule has 1 aromatic rings. The summed E-state index contributed by atoms with van der Waals surface area (Å²) < 4.78 is 5.19. The number of hydrogen-bond acceptors (Lipinski definition) is 3. The molecule has 0 bridgehead atoms. The minimum absolute atomic E-state index is 0.305. The van der Waals surface area contributed by atoms with Crippen molar-refractivity contribution in [3.63, 3.8) is 0 Å². The number of rotatable bonds is 3. The van der Waals surface area contributed by atoms with E-state index in [0.29, 0.717) is 17.9 Å². The number of anilines is 1. The van der Waals surface area contributed by atoms with E-state index in [1.807, 2.05) is 12.1 Å². The molecule has 0 saturated heterocycles. The summed E-state index contributed by atoms with van der Waals surface area (Å²) >= 11 is 0. The molecule has 1 aromatic carbocycles. The molecule has 3 nitrogen and oxygen atoms in total. The number of nitrogens with one attached hydrogen (secondary N) is 1. The highest BCUT2D eigenvalue weighted by Gasteiger charge is 2.28. The summed E-state index contributed by atoms with van der Waals surface area (Å²) in [5.74, 6) is 0.305. The summed E-state index contributed by atoms with van der Waals surface area (Å²) in [5.41, 5.74) is 1.06. The molecule has 1 aliphatic rings. The van der Waals surface area contributed by atoms with Crippen LogP contribution in [-0.4, -0.2) is 24.4 Å². The number of hydrogen-bond donors (Lipinski definition) is 2. The molecule has 76 valence electrons. The zero-order valence-electron chi connectivity index (χ0n) is 8.23. The van der Waals surface area contributed by atoms with Gasteiger partial charge in [0.25, 0.3) is 0 Å². The van der Waals surface area contributed by atoms with E-state index in [9.17, 15) is 0 Å². The van der Waals surface area contributed by atoms with Gasteiger partial charge in [0.05, 0.1) is 6.10 Å². The maximum absolute atomic E-state index is 9.09. The molecule has 0 heterocycles. The van der Waals surface area contributed by atoms with E-state index in [1.54, 1.807) is 19.2 Å². The van der Waals surface area contributed by atoms with Crippen LogP contribution in [0.2, 0.25) is 0 Å². The van der Waals surface area contributed by atoms with E-state index in [4.69, 9.17) is 9.84 Å². The lowest BCUT2D eigenvalue weighted by Gasteiger charge is -2.35. The molecule has 1 fully saturated rings. The molecule has 0 spiro atoms. The van der Waals surface area contributed by atoms with Gasteiger partial charge in [-0.2, -0.15) is 0 Å². The number of phenols is 1. The molecule has 0 aromatic heterocycles. The molecule has 2 rings (SSSR count). The topological polar surface area (TPSA) is 41.5 Å². The van der Waals surface area contributed by atoms with Crippen LogP contribution in [0, 0.1) is 0 Å². The largest absolute Gasteiger partial charge is 0.508 e. The Morgan fingerprint density at radius 1 is 1.29 bits per heavy atom. The quantitative estimate of drug-likeness (QED) is 0.721. The van der Waals surface area contributed by atoms with Gasteiger partial charge in [0.1, 0.15) is 5.75 Å². The third-order valence-electron chi connectivity index (χ3n) is 2.67. The van der Waals surface area contributed by atoms with Crippen molar-refractivity contribution < 1.29 is 9.84 Å². The summed E-state index contributed by atoms with van der Waals surface area (Å²) in [5, 5.41) is 12.5. The van der Waals surface area contributed by atoms with Crippen LogP contribution in [0.25, 0.3) is 0 Å². The van der Waals surface area contributed by atoms with Gasteiger partial charge < -0.3 is 15.2 Å². The second-order valence-corrected chi connectivity index (χ2v) is 3.72. The first kappa shape index (κ1) is 9.34. The standard InChI is InChI=1S/C11H15NO2/c1-14-11-6-9(7-11)12-8-2-4-10(13)5-3-8/h2-5,9,11-13H,6-7H2,1H3. The van der Waals surface area contributed by atoms with E-state index >= 15 is 0 Å². The minimum Gasteiger partial charge on any atom is -0.508 e. The summed E-state index contributed by atoms with van der Waals surface area (Å²) in [7, 11) is 1.75. The van der Waals surface area contributed by atoms with Crippen LogP contribution in [-0.2, 0) is 4.74 Å². The first-order valence-corrected chi connectivity index (χ1v) is 4.86. The van der Waals surface area contributed by atoms with Crippen LogP contribution >= 0.6 is 0 Å². The van der Waals surface area contributed by atoms with Crippen molar-refractivity contribution in [2.45, 2.75) is 25.0 Å². The SMILES string of the molecule is COC1CC(Nc2ccc(O)cc2)C1. The molecule has 0 aliphatic heterocycles. The second-order valence-electron chi connectivity index (χ2n) is 3.72. The van der Waals surface area contributed by atoms with Gasteiger partial charge in [0.15, 0.2) is 0 Å². The van der Waals surface area contributed by atoms with Crippen molar-refractivity contribution in [3.8, 4) is 5.75 Å². The van der Waals surface area contributed by atoms with Crippen LogP contribution in [0.4, 0.5) is 5.69 Å². The van der Waals surface area contributed by atoms with Crippen LogP contribution in [0.15, 0.2) is 24.3 Å². The normalized spacial score (nSPS) is 25.5. The molecular weight excluding hydrogens is 178 g/mol. The van der Waals surface area contributed by atoms with Gasteiger partial charge in [0, 0.05) is 18.8 Å². The van der Waals surface area contributed by atoms with Gasteiger partial charge in [-0.15, -0.1) is 0 Å². The van der Waals surface area contributed by atoms with Crippen molar-refractivity contribution >= 4 is 5.69 Å². The Morgan fingerprint density at radius 2 is 1.93 bits per heavy atom. The fraction of sp³-hybridized carbons (Fsp3) is 0.455. The van der Waals surface area contributed by atoms with Crippen LogP contribution < -0.4 is 5.32 Å². The Kier molecular flexibility index (Phi) is 2.59. The first-order chi connectivity index (χ1) is 6.78. The van der Waals surface area contributed by atoms with Gasteiger partial charge >= 0.3 is 0 Å². The molecule has 0 atom stereocenters. The van der Waals surface area contributed by atoms with Gasteiger partial charge in [-0.3, -0.25) is 0 Å². The number of ether oxygens (including phenoxy) is 1. The van der Waals surface area contributed by atoms with E-state index in [2.05, 4.69) is 5.32 Å². The highest BCUT2D eigenvalue weighted by Crippen LogP contribution is 2.26. The monoisotopic (exact) mass is 193 g/mol. The third-order valence-corrected chi connectivity index (χ3v) is 2.67. The van der Waals surface area contributed by atoms with Gasteiger partial charge in [0.2, 0.25) is 0 Å². The molecule has 0 amide bonds. The number of methoxy groups -OCH3 is 1. The summed E-state index contributed by atoms with van der Waals surface area (Å²) in [6.07, 6.45) is 2.55. The molecule has 1 saturated carbocycles. The summed E-state index contributed by atoms with van der Waals surface area (Å²) in [6, 6.07) is 7.67. The Balaban J connectivity index is 1.84. The van der Waals surface area contributed by atoms with Gasteiger partial charge in [-0.1, -0.05) is 0 Å². The Labute approximate surface area is 83.7 Å². The van der Waals surface area contributed by atoms with E-state index < -0.39 is 0 Å². The average Bonchev–Trinajstić information content (AvgIpc) is 2.13. The lowest BCUT2D eigenvalue weighted by atomic mass is 9.89. The Morgan fingerprint density at radius 3 is 2.50 bits per heavy atom. The number of aromatic hydroxyl groups is 1. The summed E-state index contributed by atoms with van der Waals surface area (Å²) in [4.78, 5) is 0. The van der Waals surface area contributed by atoms with Crippen molar-refractivity contribution in [2.24, 2.45) is 0 Å². The van der Waals surface area contributed by atoms with Crippen LogP contribution in [0.3, 0.4) is 0 Å². The Bertz CT molecular complexity index is 291. The van der Waals surface area contributed by atoms with Crippen LogP contribution in [0.5, 0.6) is 5.75 Å². The predicted molar refractivity (Wildman–Crippen MR) is 55.5 cm³/mol.